The minimum absolute atomic E-state index is 0.0162. The molecule has 0 fully saturated rings. The van der Waals surface area contributed by atoms with Gasteiger partial charge in [-0.2, -0.15) is 0 Å². The van der Waals surface area contributed by atoms with E-state index in [1.54, 1.807) is 4.91 Å². The standard InChI is InChI=1S/C6H5NO2.HN3.N3/c7-5-3-4(8)1-2-6(5)9;2*1-3-2/h1-3H,7H2;1H;/q;;-1. The van der Waals surface area contributed by atoms with E-state index in [9.17, 15) is 9.59 Å². The van der Waals surface area contributed by atoms with Crippen LogP contribution in [-0.4, -0.2) is 11.6 Å². The molecule has 0 heterocycles. The van der Waals surface area contributed by atoms with Crippen LogP contribution in [0.15, 0.2) is 23.9 Å². The number of hydrogen-bond donors (Lipinski definition) is 2. The predicted molar refractivity (Wildman–Crippen MR) is 50.9 cm³/mol. The molecule has 0 saturated carbocycles. The van der Waals surface area contributed by atoms with E-state index in [1.807, 2.05) is 0 Å². The third kappa shape index (κ3) is 9.15. The summed E-state index contributed by atoms with van der Waals surface area (Å²) in [7, 11) is 0. The molecule has 1 aliphatic rings. The summed E-state index contributed by atoms with van der Waals surface area (Å²) in [6.45, 7) is 0. The SMILES string of the molecule is NC1=CC(=O)C=CC1=O.[N-]=[N+]=N.[N-]=[N+]=[N-]. The van der Waals surface area contributed by atoms with Crippen molar-refractivity contribution >= 4 is 11.6 Å². The van der Waals surface area contributed by atoms with Gasteiger partial charge in [-0.3, -0.25) is 14.5 Å². The van der Waals surface area contributed by atoms with Crippen LogP contribution in [0.25, 0.3) is 26.4 Å². The van der Waals surface area contributed by atoms with Crippen LogP contribution in [0, 0.1) is 5.53 Å². The number of rotatable bonds is 0. The number of carbonyl (C=O) groups excluding carboxylic acids is 2. The van der Waals surface area contributed by atoms with Crippen molar-refractivity contribution in [1.82, 2.24) is 0 Å². The first-order valence-electron chi connectivity index (χ1n) is 3.26. The van der Waals surface area contributed by atoms with Crippen molar-refractivity contribution in [2.24, 2.45) is 5.73 Å². The maximum atomic E-state index is 10.5. The van der Waals surface area contributed by atoms with Gasteiger partial charge in [0.2, 0.25) is 5.78 Å². The highest BCUT2D eigenvalue weighted by molar-refractivity contribution is 6.16. The average Bonchev–Trinajstić information content (AvgIpc) is 2.14. The van der Waals surface area contributed by atoms with Gasteiger partial charge >= 0.3 is 0 Å². The molecule has 1 aliphatic carbocycles. The molecule has 78 valence electrons. The van der Waals surface area contributed by atoms with E-state index < -0.39 is 0 Å². The zero-order chi connectivity index (χ0) is 12.3. The van der Waals surface area contributed by atoms with E-state index in [0.717, 1.165) is 12.2 Å². The van der Waals surface area contributed by atoms with Gasteiger partial charge in [-0.1, -0.05) is 0 Å². The minimum Gasteiger partial charge on any atom is -0.395 e. The Bertz CT molecular complexity index is 357. The van der Waals surface area contributed by atoms with Crippen molar-refractivity contribution < 1.29 is 9.59 Å². The fourth-order valence-electron chi connectivity index (χ4n) is 0.527. The maximum Gasteiger partial charge on any atom is 0.201 e. The molecular weight excluding hydrogens is 202 g/mol. The first-order valence-corrected chi connectivity index (χ1v) is 3.26. The summed E-state index contributed by atoms with van der Waals surface area (Å²) in [4.78, 5) is 24.2. The number of allylic oxidation sites excluding steroid dienone is 3. The Morgan fingerprint density at radius 2 is 1.60 bits per heavy atom. The van der Waals surface area contributed by atoms with Crippen LogP contribution < -0.4 is 5.73 Å². The van der Waals surface area contributed by atoms with Crippen molar-refractivity contribution in [3.63, 3.8) is 0 Å². The number of carbonyl (C=O) groups is 2. The molecule has 0 aliphatic heterocycles. The van der Waals surface area contributed by atoms with Gasteiger partial charge in [0.25, 0.3) is 0 Å². The van der Waals surface area contributed by atoms with Gasteiger partial charge in [-0.15, -0.1) is 5.53 Å². The lowest BCUT2D eigenvalue weighted by Gasteiger charge is -1.96. The smallest absolute Gasteiger partial charge is 0.201 e. The molecule has 0 aromatic carbocycles. The second-order valence-corrected chi connectivity index (χ2v) is 1.89. The summed E-state index contributed by atoms with van der Waals surface area (Å²) in [5.74, 6) is -0.526. The Labute approximate surface area is 83.7 Å². The van der Waals surface area contributed by atoms with Crippen LogP contribution in [0.3, 0.4) is 0 Å². The molecule has 0 radical (unpaired) electrons. The number of nitrogens with two attached hydrogens (primary N) is 1. The molecule has 0 saturated heterocycles. The molecule has 0 atom stereocenters. The molecule has 1 rings (SSSR count). The Hall–Kier alpha value is -2.76. The summed E-state index contributed by atoms with van der Waals surface area (Å²) < 4.78 is 0. The van der Waals surface area contributed by atoms with Crippen LogP contribution in [0.4, 0.5) is 0 Å². The summed E-state index contributed by atoms with van der Waals surface area (Å²) in [6.07, 6.45) is 3.47. The third-order valence-electron chi connectivity index (χ3n) is 0.981. The molecule has 3 N–H and O–H groups in total. The molecule has 0 spiro atoms. The van der Waals surface area contributed by atoms with E-state index in [-0.39, 0.29) is 17.3 Å². The lowest BCUT2D eigenvalue weighted by molar-refractivity contribution is -0.114. The molecule has 0 aromatic rings. The first kappa shape index (κ1) is 14.7. The summed E-state index contributed by atoms with van der Waals surface area (Å²) in [5, 5.41) is 0. The fraction of sp³-hybridized carbons (Fsp3) is 0. The highest BCUT2D eigenvalue weighted by Gasteiger charge is 2.07. The van der Waals surface area contributed by atoms with Crippen molar-refractivity contribution in [2.75, 3.05) is 0 Å². The monoisotopic (exact) mass is 208 g/mol. The van der Waals surface area contributed by atoms with Crippen LogP contribution in [-0.2, 0) is 9.59 Å². The third-order valence-corrected chi connectivity index (χ3v) is 0.981. The van der Waals surface area contributed by atoms with Gasteiger partial charge in [0.05, 0.1) is 5.70 Å². The van der Waals surface area contributed by atoms with Crippen molar-refractivity contribution in [1.29, 1.82) is 5.53 Å². The van der Waals surface area contributed by atoms with Crippen LogP contribution in [0.1, 0.15) is 0 Å². The highest BCUT2D eigenvalue weighted by atomic mass is 16.1. The molecular formula is C6H6N7O2-. The molecule has 9 heteroatoms. The number of nitrogens with one attached hydrogen (secondary N) is 1. The van der Waals surface area contributed by atoms with E-state index >= 15 is 0 Å². The first-order chi connectivity index (χ1) is 7.03. The molecule has 0 aromatic heterocycles. The number of ketones is 2. The topological polar surface area (TPSA) is 179 Å². The van der Waals surface area contributed by atoms with E-state index in [2.05, 4.69) is 0 Å². The number of nitrogens with zero attached hydrogens (tertiary/aromatic N) is 5. The average molecular weight is 208 g/mol. The largest absolute Gasteiger partial charge is 0.395 e. The van der Waals surface area contributed by atoms with Crippen molar-refractivity contribution in [3.05, 3.63) is 50.3 Å². The highest BCUT2D eigenvalue weighted by Crippen LogP contribution is 1.97. The summed E-state index contributed by atoms with van der Waals surface area (Å²) in [5.41, 5.74) is 30.9. The van der Waals surface area contributed by atoms with E-state index in [1.165, 1.54) is 11.0 Å². The minimum atomic E-state index is -0.297. The van der Waals surface area contributed by atoms with Crippen molar-refractivity contribution in [2.45, 2.75) is 0 Å². The second-order valence-electron chi connectivity index (χ2n) is 1.89. The zero-order valence-electron chi connectivity index (χ0n) is 7.36. The maximum absolute atomic E-state index is 10.5. The van der Waals surface area contributed by atoms with Gasteiger partial charge in [0, 0.05) is 6.08 Å². The predicted octanol–water partition coefficient (Wildman–Crippen LogP) is 1.28. The number of hydrogen-bond acceptors (Lipinski definition) is 4. The van der Waals surface area contributed by atoms with Gasteiger partial charge in [0.1, 0.15) is 0 Å². The summed E-state index contributed by atoms with van der Waals surface area (Å²) in [6, 6.07) is 0. The van der Waals surface area contributed by atoms with Crippen LogP contribution >= 0.6 is 0 Å². The van der Waals surface area contributed by atoms with Crippen LogP contribution in [0.5, 0.6) is 0 Å². The second kappa shape index (κ2) is 9.33. The zero-order valence-corrected chi connectivity index (χ0v) is 7.36. The molecule has 15 heavy (non-hydrogen) atoms. The lowest BCUT2D eigenvalue weighted by Crippen LogP contribution is -2.14. The van der Waals surface area contributed by atoms with E-state index in [4.69, 9.17) is 27.9 Å². The quantitative estimate of drug-likeness (QED) is 0.263. The Morgan fingerprint density at radius 1 is 1.20 bits per heavy atom. The van der Waals surface area contributed by atoms with Gasteiger partial charge in [-0.25, -0.2) is 0 Å². The van der Waals surface area contributed by atoms with E-state index in [0.29, 0.717) is 0 Å². The molecule has 9 nitrogen and oxygen atoms in total. The molecule has 0 amide bonds. The molecule has 0 bridgehead atoms. The van der Waals surface area contributed by atoms with Crippen molar-refractivity contribution in [3.8, 4) is 0 Å². The lowest BCUT2D eigenvalue weighted by atomic mass is 10.1. The molecule has 0 unspecified atom stereocenters. The normalized spacial score (nSPS) is 11.9. The Balaban J connectivity index is 0. The van der Waals surface area contributed by atoms with Gasteiger partial charge in [-0.05, 0) is 22.6 Å². The van der Waals surface area contributed by atoms with Gasteiger partial charge < -0.3 is 16.8 Å². The van der Waals surface area contributed by atoms with Gasteiger partial charge in [0.15, 0.2) is 5.78 Å². The Kier molecular flexibility index (Phi) is 9.17. The Morgan fingerprint density at radius 3 is 1.87 bits per heavy atom. The van der Waals surface area contributed by atoms with Crippen LogP contribution in [0.2, 0.25) is 0 Å². The summed E-state index contributed by atoms with van der Waals surface area (Å²) >= 11 is 0. The fourth-order valence-corrected chi connectivity index (χ4v) is 0.527.